The molecule has 7 heteroatoms. The van der Waals surface area contributed by atoms with Gasteiger partial charge in [0.1, 0.15) is 12.4 Å². The third-order valence-electron chi connectivity index (χ3n) is 4.02. The lowest BCUT2D eigenvalue weighted by atomic mass is 10.1. The van der Waals surface area contributed by atoms with Crippen molar-refractivity contribution in [3.05, 3.63) is 42.2 Å². The second kappa shape index (κ2) is 5.93. The number of fused-ring (bicyclic) bond motifs is 2. The highest BCUT2D eigenvalue weighted by atomic mass is 16.6. The maximum atomic E-state index is 12.0. The number of amides is 1. The zero-order chi connectivity index (χ0) is 16.5. The summed E-state index contributed by atoms with van der Waals surface area (Å²) in [4.78, 5) is 25.6. The van der Waals surface area contributed by atoms with Crippen LogP contribution in [0, 0.1) is 0 Å². The largest absolute Gasteiger partial charge is 0.444 e. The number of nitrogens with one attached hydrogen (secondary N) is 1. The lowest BCUT2D eigenvalue weighted by Crippen LogP contribution is -2.38. The zero-order valence-corrected chi connectivity index (χ0v) is 13.2. The number of hydrogen-bond acceptors (Lipinski definition) is 5. The molecule has 0 aliphatic carbocycles. The Hall–Kier alpha value is -2.93. The van der Waals surface area contributed by atoms with Crippen LogP contribution >= 0.6 is 0 Å². The molecule has 3 heterocycles. The fourth-order valence-electron chi connectivity index (χ4n) is 2.81. The molecule has 0 saturated heterocycles. The summed E-state index contributed by atoms with van der Waals surface area (Å²) in [6.07, 6.45) is 3.10. The number of imidazole rings is 1. The van der Waals surface area contributed by atoms with E-state index in [0.29, 0.717) is 13.2 Å². The predicted molar refractivity (Wildman–Crippen MR) is 88.7 cm³/mol. The summed E-state index contributed by atoms with van der Waals surface area (Å²) in [5, 5.41) is 0. The Labute approximate surface area is 138 Å². The molecule has 3 aromatic rings. The molecule has 0 fully saturated rings. The molecular weight excluding hydrogens is 308 g/mol. The van der Waals surface area contributed by atoms with Crippen LogP contribution in [0.25, 0.3) is 22.4 Å². The van der Waals surface area contributed by atoms with Gasteiger partial charge in [-0.05, 0) is 24.3 Å². The summed E-state index contributed by atoms with van der Waals surface area (Å²) >= 11 is 0. The number of aromatic nitrogens is 3. The number of methoxy groups -OCH3 is 1. The van der Waals surface area contributed by atoms with Crippen molar-refractivity contribution >= 4 is 22.8 Å². The summed E-state index contributed by atoms with van der Waals surface area (Å²) < 4.78 is 10.3. The van der Waals surface area contributed by atoms with E-state index in [1.165, 1.54) is 0 Å². The first-order chi connectivity index (χ1) is 11.8. The highest BCUT2D eigenvalue weighted by molar-refractivity contribution is 5.94. The number of hydrogen-bond donors (Lipinski definition) is 1. The van der Waals surface area contributed by atoms with Crippen molar-refractivity contribution < 1.29 is 14.3 Å². The number of ether oxygens (including phenoxy) is 2. The highest BCUT2D eigenvalue weighted by Crippen LogP contribution is 2.32. The van der Waals surface area contributed by atoms with Gasteiger partial charge in [-0.3, -0.25) is 9.88 Å². The quantitative estimate of drug-likeness (QED) is 0.798. The number of H-pyrrole nitrogens is 1. The Kier molecular flexibility index (Phi) is 3.62. The molecule has 0 spiro atoms. The standard InChI is InChI=1S/C17H16N4O3/c1-23-7-6-21-15-9-14-13(8-12(15)10-24-17(21)22)19-16(20-14)11-2-4-18-5-3-11/h2-5,8-9H,6-7,10H2,1H3,(H,19,20). The van der Waals surface area contributed by atoms with Gasteiger partial charge in [0.15, 0.2) is 0 Å². The normalized spacial score (nSPS) is 13.9. The van der Waals surface area contributed by atoms with Crippen molar-refractivity contribution in [2.24, 2.45) is 0 Å². The molecule has 2 aromatic heterocycles. The number of rotatable bonds is 4. The van der Waals surface area contributed by atoms with Crippen molar-refractivity contribution in [3.8, 4) is 11.4 Å². The Morgan fingerprint density at radius 3 is 2.96 bits per heavy atom. The molecule has 1 aliphatic rings. The van der Waals surface area contributed by atoms with Gasteiger partial charge in [0.2, 0.25) is 0 Å². The van der Waals surface area contributed by atoms with Gasteiger partial charge >= 0.3 is 6.09 Å². The first-order valence-corrected chi connectivity index (χ1v) is 7.62. The molecule has 0 unspecified atom stereocenters. The predicted octanol–water partition coefficient (Wildman–Crippen LogP) is 2.73. The van der Waals surface area contributed by atoms with E-state index in [1.807, 2.05) is 24.3 Å². The van der Waals surface area contributed by atoms with Gasteiger partial charge in [-0.1, -0.05) is 0 Å². The minimum atomic E-state index is -0.358. The van der Waals surface area contributed by atoms with E-state index in [1.54, 1.807) is 24.4 Å². The van der Waals surface area contributed by atoms with E-state index in [4.69, 9.17) is 9.47 Å². The van der Waals surface area contributed by atoms with Crippen molar-refractivity contribution in [2.75, 3.05) is 25.2 Å². The van der Waals surface area contributed by atoms with Crippen LogP contribution in [0.2, 0.25) is 0 Å². The Morgan fingerprint density at radius 1 is 1.33 bits per heavy atom. The van der Waals surface area contributed by atoms with Crippen LogP contribution in [0.1, 0.15) is 5.56 Å². The van der Waals surface area contributed by atoms with Crippen LogP contribution in [0.5, 0.6) is 0 Å². The molecule has 0 atom stereocenters. The maximum absolute atomic E-state index is 12.0. The first-order valence-electron chi connectivity index (χ1n) is 7.62. The molecule has 0 radical (unpaired) electrons. The van der Waals surface area contributed by atoms with E-state index < -0.39 is 0 Å². The number of aromatic amines is 1. The van der Waals surface area contributed by atoms with Gasteiger partial charge in [-0.25, -0.2) is 9.78 Å². The Morgan fingerprint density at radius 2 is 2.17 bits per heavy atom. The van der Waals surface area contributed by atoms with E-state index in [-0.39, 0.29) is 12.7 Å². The van der Waals surface area contributed by atoms with E-state index in [9.17, 15) is 4.79 Å². The van der Waals surface area contributed by atoms with E-state index >= 15 is 0 Å². The van der Waals surface area contributed by atoms with Gasteiger partial charge in [0, 0.05) is 30.6 Å². The van der Waals surface area contributed by atoms with Crippen LogP contribution < -0.4 is 4.90 Å². The molecule has 1 amide bonds. The van der Waals surface area contributed by atoms with Crippen molar-refractivity contribution in [1.82, 2.24) is 15.0 Å². The van der Waals surface area contributed by atoms with E-state index in [0.717, 1.165) is 33.7 Å². The molecule has 1 aromatic carbocycles. The number of anilines is 1. The van der Waals surface area contributed by atoms with Gasteiger partial charge in [0.25, 0.3) is 0 Å². The van der Waals surface area contributed by atoms with E-state index in [2.05, 4.69) is 15.0 Å². The lowest BCUT2D eigenvalue weighted by molar-refractivity contribution is 0.137. The Bertz CT molecular complexity index is 891. The number of carbonyl (C=O) groups is 1. The number of nitrogens with zero attached hydrogens (tertiary/aromatic N) is 3. The van der Waals surface area contributed by atoms with Crippen molar-refractivity contribution in [3.63, 3.8) is 0 Å². The monoisotopic (exact) mass is 324 g/mol. The van der Waals surface area contributed by atoms with Gasteiger partial charge < -0.3 is 14.5 Å². The summed E-state index contributed by atoms with van der Waals surface area (Å²) in [6.45, 7) is 1.14. The van der Waals surface area contributed by atoms with Crippen molar-refractivity contribution in [2.45, 2.75) is 6.61 Å². The van der Waals surface area contributed by atoms with Crippen LogP contribution in [0.3, 0.4) is 0 Å². The Balaban J connectivity index is 1.78. The maximum Gasteiger partial charge on any atom is 0.414 e. The third kappa shape index (κ3) is 2.48. The summed E-state index contributed by atoms with van der Waals surface area (Å²) in [7, 11) is 1.61. The fraction of sp³-hybridized carbons (Fsp3) is 0.235. The molecule has 122 valence electrons. The third-order valence-corrected chi connectivity index (χ3v) is 4.02. The minimum absolute atomic E-state index is 0.261. The molecule has 4 rings (SSSR count). The van der Waals surface area contributed by atoms with Gasteiger partial charge in [-0.15, -0.1) is 0 Å². The molecule has 0 bridgehead atoms. The number of carbonyl (C=O) groups excluding carboxylic acids is 1. The second-order valence-electron chi connectivity index (χ2n) is 5.52. The smallest absolute Gasteiger partial charge is 0.414 e. The van der Waals surface area contributed by atoms with Crippen LogP contribution in [0.4, 0.5) is 10.5 Å². The second-order valence-corrected chi connectivity index (χ2v) is 5.52. The van der Waals surface area contributed by atoms with Gasteiger partial charge in [0.05, 0.1) is 29.9 Å². The fourth-order valence-corrected chi connectivity index (χ4v) is 2.81. The van der Waals surface area contributed by atoms with Crippen LogP contribution in [0.15, 0.2) is 36.7 Å². The molecule has 24 heavy (non-hydrogen) atoms. The number of pyridine rings is 1. The molecule has 1 N–H and O–H groups in total. The van der Waals surface area contributed by atoms with Crippen LogP contribution in [-0.4, -0.2) is 41.3 Å². The molecule has 1 aliphatic heterocycles. The number of cyclic esters (lactones) is 1. The minimum Gasteiger partial charge on any atom is -0.444 e. The summed E-state index contributed by atoms with van der Waals surface area (Å²) in [6, 6.07) is 7.70. The summed E-state index contributed by atoms with van der Waals surface area (Å²) in [5.41, 5.74) is 4.44. The molecule has 0 saturated carbocycles. The lowest BCUT2D eigenvalue weighted by Gasteiger charge is -2.28. The SMILES string of the molecule is COCCN1C(=O)OCc2cc3[nH]c(-c4ccncc4)nc3cc21. The highest BCUT2D eigenvalue weighted by Gasteiger charge is 2.26. The van der Waals surface area contributed by atoms with Crippen LogP contribution in [-0.2, 0) is 16.1 Å². The first kappa shape index (κ1) is 14.6. The molecule has 7 nitrogen and oxygen atoms in total. The van der Waals surface area contributed by atoms with Crippen molar-refractivity contribution in [1.29, 1.82) is 0 Å². The number of benzene rings is 1. The zero-order valence-electron chi connectivity index (χ0n) is 13.2. The average molecular weight is 324 g/mol. The topological polar surface area (TPSA) is 80.3 Å². The summed E-state index contributed by atoms with van der Waals surface area (Å²) in [5.74, 6) is 0.769. The molecular formula is C17H16N4O3. The van der Waals surface area contributed by atoms with Gasteiger partial charge in [-0.2, -0.15) is 0 Å². The average Bonchev–Trinajstić information content (AvgIpc) is 3.03.